The highest BCUT2D eigenvalue weighted by atomic mass is 16.6. The number of aliphatic hydroxyl groups is 1. The molecule has 2 saturated carbocycles. The van der Waals surface area contributed by atoms with Crippen LogP contribution in [-0.2, 0) is 26.2 Å². The second-order valence-corrected chi connectivity index (χ2v) is 8.51. The maximum absolute atomic E-state index is 10.6. The number of hydrogen-bond acceptors (Lipinski definition) is 6. The number of nitro benzene ring substituents is 1. The summed E-state index contributed by atoms with van der Waals surface area (Å²) in [6, 6.07) is 13.1. The summed E-state index contributed by atoms with van der Waals surface area (Å²) in [7, 11) is 1.00. The van der Waals surface area contributed by atoms with Crippen molar-refractivity contribution in [1.82, 2.24) is 9.80 Å². The molecule has 0 saturated heterocycles. The van der Waals surface area contributed by atoms with Crippen molar-refractivity contribution in [2.24, 2.45) is 0 Å². The first-order valence-corrected chi connectivity index (χ1v) is 10.6. The Morgan fingerprint density at radius 3 is 1.80 bits per heavy atom. The number of nitrogens with zero attached hydrogens (tertiary/aromatic N) is 3. The molecule has 0 atom stereocenters. The highest BCUT2D eigenvalue weighted by molar-refractivity contribution is 5.46. The van der Waals surface area contributed by atoms with Crippen LogP contribution in [0.1, 0.15) is 47.9 Å². The van der Waals surface area contributed by atoms with Crippen molar-refractivity contribution in [3.8, 4) is 0 Å². The molecule has 2 fully saturated rings. The van der Waals surface area contributed by atoms with Gasteiger partial charge >= 0.3 is 0 Å². The van der Waals surface area contributed by atoms with E-state index in [-0.39, 0.29) is 10.6 Å². The molecule has 160 valence electrons. The SMILES string of the molecule is CO.Nc1ccc2c(c1)CN(C1CC1)C2.O=[N+]([O-])c1ccc2c(c1)CN(C1CC1)C2. The number of rotatable bonds is 3. The fraction of sp³-hybridized carbons (Fsp3) is 0.478. The average molecular weight is 411 g/mol. The summed E-state index contributed by atoms with van der Waals surface area (Å²) in [6.07, 6.45) is 5.36. The molecule has 30 heavy (non-hydrogen) atoms. The monoisotopic (exact) mass is 410 g/mol. The number of hydrogen-bond donors (Lipinski definition) is 2. The molecule has 3 N–H and O–H groups in total. The van der Waals surface area contributed by atoms with Crippen molar-refractivity contribution in [2.45, 2.75) is 63.9 Å². The van der Waals surface area contributed by atoms with Crippen LogP contribution in [0.25, 0.3) is 0 Å². The van der Waals surface area contributed by atoms with Gasteiger partial charge in [-0.2, -0.15) is 0 Å². The lowest BCUT2D eigenvalue weighted by molar-refractivity contribution is -0.384. The third-order valence-corrected chi connectivity index (χ3v) is 6.25. The number of fused-ring (bicyclic) bond motifs is 2. The van der Waals surface area contributed by atoms with Gasteiger partial charge in [0.15, 0.2) is 0 Å². The van der Waals surface area contributed by atoms with Crippen molar-refractivity contribution in [3.05, 3.63) is 68.8 Å². The van der Waals surface area contributed by atoms with Gasteiger partial charge in [-0.25, -0.2) is 0 Å². The van der Waals surface area contributed by atoms with Gasteiger partial charge in [-0.3, -0.25) is 19.9 Å². The molecule has 2 aliphatic heterocycles. The molecular formula is C23H30N4O3. The van der Waals surface area contributed by atoms with Crippen LogP contribution < -0.4 is 5.73 Å². The van der Waals surface area contributed by atoms with Crippen molar-refractivity contribution in [1.29, 1.82) is 0 Å². The van der Waals surface area contributed by atoms with E-state index < -0.39 is 0 Å². The summed E-state index contributed by atoms with van der Waals surface area (Å²) in [4.78, 5) is 15.3. The molecule has 2 aromatic carbocycles. The predicted octanol–water partition coefficient (Wildman–Crippen LogP) is 3.43. The van der Waals surface area contributed by atoms with E-state index in [9.17, 15) is 10.1 Å². The van der Waals surface area contributed by atoms with Crippen LogP contribution in [0.4, 0.5) is 11.4 Å². The molecule has 2 aliphatic carbocycles. The topological polar surface area (TPSA) is 95.9 Å². The van der Waals surface area contributed by atoms with Crippen molar-refractivity contribution in [3.63, 3.8) is 0 Å². The van der Waals surface area contributed by atoms with Crippen molar-refractivity contribution < 1.29 is 10.0 Å². The normalized spacial score (nSPS) is 19.8. The average Bonchev–Trinajstić information content (AvgIpc) is 3.69. The Labute approximate surface area is 177 Å². The third-order valence-electron chi connectivity index (χ3n) is 6.25. The van der Waals surface area contributed by atoms with Gasteiger partial charge in [0.25, 0.3) is 5.69 Å². The van der Waals surface area contributed by atoms with Crippen LogP contribution in [0, 0.1) is 10.1 Å². The molecule has 0 unspecified atom stereocenters. The van der Waals surface area contributed by atoms with Gasteiger partial charge in [0.1, 0.15) is 0 Å². The van der Waals surface area contributed by atoms with Crippen LogP contribution in [0.15, 0.2) is 36.4 Å². The number of aliphatic hydroxyl groups excluding tert-OH is 1. The Hall–Kier alpha value is -2.48. The second-order valence-electron chi connectivity index (χ2n) is 8.51. The number of non-ortho nitro benzene ring substituents is 1. The minimum Gasteiger partial charge on any atom is -0.400 e. The Balaban J connectivity index is 0.000000135. The van der Waals surface area contributed by atoms with E-state index >= 15 is 0 Å². The summed E-state index contributed by atoms with van der Waals surface area (Å²) < 4.78 is 0. The van der Waals surface area contributed by atoms with E-state index in [1.54, 1.807) is 12.1 Å². The summed E-state index contributed by atoms with van der Waals surface area (Å²) in [5.74, 6) is 0. The van der Waals surface area contributed by atoms with Gasteiger partial charge in [-0.05, 0) is 60.1 Å². The highest BCUT2D eigenvalue weighted by Gasteiger charge is 2.34. The summed E-state index contributed by atoms with van der Waals surface area (Å²) in [5.41, 5.74) is 12.2. The Bertz CT molecular complexity index is 925. The maximum atomic E-state index is 10.6. The predicted molar refractivity (Wildman–Crippen MR) is 117 cm³/mol. The Morgan fingerprint density at radius 1 is 0.833 bits per heavy atom. The van der Waals surface area contributed by atoms with Crippen molar-refractivity contribution >= 4 is 11.4 Å². The zero-order chi connectivity index (χ0) is 21.3. The minimum atomic E-state index is -0.319. The van der Waals surface area contributed by atoms with E-state index in [2.05, 4.69) is 21.9 Å². The molecule has 7 heteroatoms. The van der Waals surface area contributed by atoms with Gasteiger partial charge in [-0.15, -0.1) is 0 Å². The molecular weight excluding hydrogens is 380 g/mol. The summed E-state index contributed by atoms with van der Waals surface area (Å²) in [6.45, 7) is 4.12. The number of anilines is 1. The van der Waals surface area contributed by atoms with E-state index in [1.807, 2.05) is 12.1 Å². The molecule has 6 rings (SSSR count). The lowest BCUT2D eigenvalue weighted by Crippen LogP contribution is -2.18. The molecule has 0 aromatic heterocycles. The minimum absolute atomic E-state index is 0.214. The lowest BCUT2D eigenvalue weighted by atomic mass is 10.1. The van der Waals surface area contributed by atoms with Gasteiger partial charge in [-0.1, -0.05) is 12.1 Å². The molecule has 0 spiro atoms. The van der Waals surface area contributed by atoms with Gasteiger partial charge in [0.05, 0.1) is 4.92 Å². The fourth-order valence-electron chi connectivity index (χ4n) is 4.36. The quantitative estimate of drug-likeness (QED) is 0.457. The van der Waals surface area contributed by atoms with E-state index in [0.29, 0.717) is 0 Å². The molecule has 7 nitrogen and oxygen atoms in total. The summed E-state index contributed by atoms with van der Waals surface area (Å²) >= 11 is 0. The largest absolute Gasteiger partial charge is 0.400 e. The zero-order valence-electron chi connectivity index (χ0n) is 17.5. The first kappa shape index (κ1) is 20.8. The molecule has 0 radical (unpaired) electrons. The van der Waals surface area contributed by atoms with Crippen LogP contribution >= 0.6 is 0 Å². The number of nitro groups is 1. The Morgan fingerprint density at radius 2 is 1.30 bits per heavy atom. The smallest absolute Gasteiger partial charge is 0.269 e. The van der Waals surface area contributed by atoms with Crippen LogP contribution in [0.5, 0.6) is 0 Å². The summed E-state index contributed by atoms with van der Waals surface area (Å²) in [5, 5.41) is 17.6. The number of nitrogen functional groups attached to an aromatic ring is 1. The molecule has 0 bridgehead atoms. The molecule has 2 aromatic rings. The molecule has 2 heterocycles. The first-order valence-electron chi connectivity index (χ1n) is 10.6. The maximum Gasteiger partial charge on any atom is 0.269 e. The Kier molecular flexibility index (Phi) is 6.04. The highest BCUT2D eigenvalue weighted by Crippen LogP contribution is 2.36. The first-order chi connectivity index (χ1) is 14.6. The molecule has 4 aliphatic rings. The zero-order valence-corrected chi connectivity index (χ0v) is 17.5. The lowest BCUT2D eigenvalue weighted by Gasteiger charge is -2.11. The van der Waals surface area contributed by atoms with E-state index in [4.69, 9.17) is 10.8 Å². The van der Waals surface area contributed by atoms with Gasteiger partial charge in [0, 0.05) is 63.2 Å². The van der Waals surface area contributed by atoms with Gasteiger partial charge in [0.2, 0.25) is 0 Å². The molecule has 0 amide bonds. The van der Waals surface area contributed by atoms with Gasteiger partial charge < -0.3 is 10.8 Å². The van der Waals surface area contributed by atoms with Crippen molar-refractivity contribution in [2.75, 3.05) is 12.8 Å². The van der Waals surface area contributed by atoms with E-state index in [1.165, 1.54) is 42.4 Å². The van der Waals surface area contributed by atoms with Crippen LogP contribution in [-0.4, -0.2) is 39.0 Å². The third kappa shape index (κ3) is 4.64. The van der Waals surface area contributed by atoms with Crippen LogP contribution in [0.3, 0.4) is 0 Å². The number of nitrogens with two attached hydrogens (primary N) is 1. The van der Waals surface area contributed by atoms with E-state index in [0.717, 1.165) is 56.6 Å². The number of benzene rings is 2. The van der Waals surface area contributed by atoms with Crippen LogP contribution in [0.2, 0.25) is 0 Å². The fourth-order valence-corrected chi connectivity index (χ4v) is 4.36. The standard InChI is InChI=1S/C11H12N2O2.C11H14N2.CH4O/c14-13(15)11-2-1-8-6-12(10-3-4-10)7-9(8)5-11;12-10-2-1-8-6-13(11-3-4-11)7-9(8)5-10;1-2/h1-2,5,10H,3-4,6-7H2;1-2,5,11H,3-4,6-7,12H2;2H,1H3. The second kappa shape index (κ2) is 8.71.